The van der Waals surface area contributed by atoms with E-state index in [4.69, 9.17) is 28.4 Å². The van der Waals surface area contributed by atoms with Crippen LogP contribution in [0.1, 0.15) is 276 Å². The Kier molecular flexibility index (Phi) is 60.8. The van der Waals surface area contributed by atoms with Crippen molar-refractivity contribution >= 4 is 0 Å². The molecule has 0 saturated heterocycles. The van der Waals surface area contributed by atoms with Gasteiger partial charge in [0.05, 0.1) is 39.6 Å². The van der Waals surface area contributed by atoms with Crippen LogP contribution in [0.4, 0.5) is 0 Å². The third-order valence-electron chi connectivity index (χ3n) is 18.8. The Bertz CT molecular complexity index is 1180. The molecule has 12 atom stereocenters. The van der Waals surface area contributed by atoms with Gasteiger partial charge in [0.1, 0.15) is 0 Å². The maximum atomic E-state index is 11.3. The smallest absolute Gasteiger partial charge is 0.155 e. The van der Waals surface area contributed by atoms with Gasteiger partial charge in [0, 0.05) is 117 Å². The van der Waals surface area contributed by atoms with Crippen molar-refractivity contribution in [2.45, 2.75) is 313 Å². The van der Waals surface area contributed by atoms with Crippen molar-refractivity contribution in [2.75, 3.05) is 118 Å². The van der Waals surface area contributed by atoms with Gasteiger partial charge in [0.15, 0.2) is 37.7 Å². The quantitative estimate of drug-likeness (QED) is 0.0315. The van der Waals surface area contributed by atoms with Crippen molar-refractivity contribution in [3.8, 4) is 0 Å². The van der Waals surface area contributed by atoms with Gasteiger partial charge in [-0.25, -0.2) is 0 Å². The minimum atomic E-state index is -0.902. The zero-order valence-electron chi connectivity index (χ0n) is 59.8. The highest BCUT2D eigenvalue weighted by Crippen LogP contribution is 2.21. The first-order chi connectivity index (χ1) is 42.6. The lowest BCUT2D eigenvalue weighted by atomic mass is 10.0. The molecule has 0 aliphatic carbocycles. The summed E-state index contributed by atoms with van der Waals surface area (Å²) in [6, 6.07) is 0. The fourth-order valence-corrected chi connectivity index (χ4v) is 11.3. The summed E-state index contributed by atoms with van der Waals surface area (Å²) in [6.07, 6.45) is 23.5. The molecule has 0 aromatic heterocycles. The zero-order valence-corrected chi connectivity index (χ0v) is 59.8. The predicted molar refractivity (Wildman–Crippen MR) is 365 cm³/mol. The summed E-state index contributed by atoms with van der Waals surface area (Å²) < 4.78 is 36.7. The highest BCUT2D eigenvalue weighted by molar-refractivity contribution is 4.73. The van der Waals surface area contributed by atoms with Crippen molar-refractivity contribution in [3.05, 3.63) is 0 Å². The molecule has 16 heteroatoms. The first-order valence-corrected chi connectivity index (χ1v) is 37.3. The summed E-state index contributed by atoms with van der Waals surface area (Å²) in [5, 5.41) is 67.8. The average molecular weight is 1260 g/mol. The third-order valence-corrected chi connectivity index (χ3v) is 18.8. The molecule has 0 radical (unpaired) electrons. The molecule has 0 saturated carbocycles. The predicted octanol–water partition coefficient (Wildman–Crippen LogP) is 13.8. The van der Waals surface area contributed by atoms with Gasteiger partial charge in [-0.3, -0.25) is 4.90 Å². The molecule has 0 heterocycles. The Hall–Kier alpha value is -0.640. The molecule has 88 heavy (non-hydrogen) atoms. The van der Waals surface area contributed by atoms with E-state index in [0.717, 1.165) is 154 Å². The molecule has 0 amide bonds. The number of ether oxygens (including phenoxy) is 6. The Morgan fingerprint density at radius 3 is 0.466 bits per heavy atom. The number of hydrogen-bond acceptors (Lipinski definition) is 16. The number of hydrogen-bond donors (Lipinski definition) is 6. The summed E-state index contributed by atoms with van der Waals surface area (Å²) >= 11 is 0. The van der Waals surface area contributed by atoms with E-state index < -0.39 is 37.7 Å². The topological polar surface area (TPSA) is 190 Å². The molecule has 0 aromatic carbocycles. The largest absolute Gasteiger partial charge is 0.368 e. The van der Waals surface area contributed by atoms with Gasteiger partial charge in [-0.1, -0.05) is 199 Å². The summed E-state index contributed by atoms with van der Waals surface area (Å²) in [5.41, 5.74) is 0. The summed E-state index contributed by atoms with van der Waals surface area (Å²) in [7, 11) is 0. The molecule has 0 fully saturated rings. The fraction of sp³-hybridized carbons (Fsp3) is 1.00. The van der Waals surface area contributed by atoms with Crippen LogP contribution in [0.5, 0.6) is 0 Å². The highest BCUT2D eigenvalue weighted by atomic mass is 16.6. The second-order valence-corrected chi connectivity index (χ2v) is 26.3. The number of aliphatic hydroxyl groups excluding tert-OH is 6. The molecule has 530 valence electrons. The maximum absolute atomic E-state index is 11.3. The molecular formula is C72H150N4O12. The highest BCUT2D eigenvalue weighted by Gasteiger charge is 2.23. The maximum Gasteiger partial charge on any atom is 0.155 e. The van der Waals surface area contributed by atoms with Gasteiger partial charge in [-0.15, -0.1) is 0 Å². The monoisotopic (exact) mass is 1260 g/mol. The van der Waals surface area contributed by atoms with Gasteiger partial charge in [0.25, 0.3) is 0 Å². The van der Waals surface area contributed by atoms with Crippen LogP contribution in [0, 0.1) is 35.5 Å². The van der Waals surface area contributed by atoms with Crippen molar-refractivity contribution in [2.24, 2.45) is 35.5 Å². The second-order valence-electron chi connectivity index (χ2n) is 26.3. The van der Waals surface area contributed by atoms with Crippen LogP contribution in [0.25, 0.3) is 0 Å². The van der Waals surface area contributed by atoms with Crippen LogP contribution in [0.2, 0.25) is 0 Å². The van der Waals surface area contributed by atoms with E-state index in [1.807, 2.05) is 0 Å². The first-order valence-electron chi connectivity index (χ1n) is 37.3. The first kappa shape index (κ1) is 87.4. The van der Waals surface area contributed by atoms with Crippen molar-refractivity contribution < 1.29 is 59.1 Å². The molecule has 0 spiro atoms. The van der Waals surface area contributed by atoms with Gasteiger partial charge in [-0.2, -0.15) is 0 Å². The number of rotatable bonds is 69. The van der Waals surface area contributed by atoms with Crippen LogP contribution >= 0.6 is 0 Å². The minimum absolute atomic E-state index is 0.411. The zero-order chi connectivity index (χ0) is 65.4. The van der Waals surface area contributed by atoms with Crippen LogP contribution in [-0.2, 0) is 28.4 Å². The fourth-order valence-electron chi connectivity index (χ4n) is 11.3. The summed E-state index contributed by atoms with van der Waals surface area (Å²) in [5.74, 6) is 2.47. The van der Waals surface area contributed by atoms with Crippen LogP contribution < -0.4 is 0 Å². The number of nitrogens with zero attached hydrogens (tertiary/aromatic N) is 4. The SMILES string of the molecule is CCCCC(CC)COC(O)CCN(CCC(O)OCC(CC)CCCC)CCN(CCN(CCC(O)OCC(CC)CCCC)CCC(O)OCC(CC)CCCC)CCN(CCC(O)OCC(CC)CCCC)CCC(O)OCC(CC)CCCC. The number of aliphatic hydroxyl groups is 6. The Morgan fingerprint density at radius 2 is 0.341 bits per heavy atom. The summed E-state index contributed by atoms with van der Waals surface area (Å²) in [4.78, 5) is 9.46. The van der Waals surface area contributed by atoms with E-state index in [0.29, 0.717) is 192 Å². The van der Waals surface area contributed by atoms with E-state index in [1.54, 1.807) is 0 Å². The van der Waals surface area contributed by atoms with Gasteiger partial charge in [0.2, 0.25) is 0 Å². The number of unbranched alkanes of at least 4 members (excludes halogenated alkanes) is 6. The van der Waals surface area contributed by atoms with E-state index in [9.17, 15) is 30.6 Å². The minimum Gasteiger partial charge on any atom is -0.368 e. The molecule has 0 bridgehead atoms. The standard InChI is InChI=1S/C72H150N4O12/c1-13-25-31-61(19-7)55-83-67(77)37-43-73(44-38-68(78)84-56-62(20-8)32-26-14-2)49-52-76(53-50-74(45-39-69(79)85-57-63(21-9)33-27-15-3)46-40-70(80)86-58-64(22-10)34-28-16-4)54-51-75(47-41-71(81)87-59-65(23-11)35-29-17-5)48-42-72(82)88-60-66(24-12)36-30-18-6/h61-72,77-82H,13-60H2,1-12H3. The van der Waals surface area contributed by atoms with Crippen LogP contribution in [0.15, 0.2) is 0 Å². The van der Waals surface area contributed by atoms with Crippen LogP contribution in [0.3, 0.4) is 0 Å². The van der Waals surface area contributed by atoms with Crippen molar-refractivity contribution in [3.63, 3.8) is 0 Å². The molecule has 16 nitrogen and oxygen atoms in total. The molecule has 0 rings (SSSR count). The van der Waals surface area contributed by atoms with Gasteiger partial charge >= 0.3 is 0 Å². The molecule has 0 aliphatic rings. The lowest BCUT2D eigenvalue weighted by Crippen LogP contribution is -2.45. The second kappa shape index (κ2) is 61.2. The molecule has 0 aliphatic heterocycles. The normalized spacial score (nSPS) is 16.6. The molecule has 12 unspecified atom stereocenters. The Balaban J connectivity index is 7.13. The third kappa shape index (κ3) is 49.9. The summed E-state index contributed by atoms with van der Waals surface area (Å²) in [6.45, 7) is 37.2. The molecular weight excluding hydrogens is 1110 g/mol. The van der Waals surface area contributed by atoms with E-state index in [2.05, 4.69) is 103 Å². The molecule has 6 N–H and O–H groups in total. The van der Waals surface area contributed by atoms with Crippen molar-refractivity contribution in [1.82, 2.24) is 19.6 Å². The van der Waals surface area contributed by atoms with Gasteiger partial charge in [-0.05, 0) is 74.0 Å². The Morgan fingerprint density at radius 1 is 0.205 bits per heavy atom. The lowest BCUT2D eigenvalue weighted by molar-refractivity contribution is -0.123. The van der Waals surface area contributed by atoms with Crippen molar-refractivity contribution in [1.29, 1.82) is 0 Å². The van der Waals surface area contributed by atoms with Gasteiger partial charge < -0.3 is 73.8 Å². The van der Waals surface area contributed by atoms with E-state index in [-0.39, 0.29) is 0 Å². The molecule has 0 aromatic rings. The lowest BCUT2D eigenvalue weighted by Gasteiger charge is -2.33. The van der Waals surface area contributed by atoms with E-state index >= 15 is 0 Å². The van der Waals surface area contributed by atoms with E-state index in [1.165, 1.54) is 0 Å². The Labute approximate surface area is 543 Å². The average Bonchev–Trinajstić information content (AvgIpc) is 3.70. The van der Waals surface area contributed by atoms with Crippen LogP contribution in [-0.4, -0.2) is 206 Å².